The van der Waals surface area contributed by atoms with Crippen LogP contribution in [0.4, 0.5) is 0 Å². The van der Waals surface area contributed by atoms with Crippen LogP contribution in [0, 0.1) is 6.92 Å². The van der Waals surface area contributed by atoms with E-state index in [1.807, 2.05) is 25.1 Å². The predicted molar refractivity (Wildman–Crippen MR) is 86.0 cm³/mol. The van der Waals surface area contributed by atoms with E-state index in [1.54, 1.807) is 18.2 Å². The molecule has 0 aromatic heterocycles. The van der Waals surface area contributed by atoms with Crippen molar-refractivity contribution in [3.8, 4) is 5.75 Å². The van der Waals surface area contributed by atoms with Gasteiger partial charge in [-0.3, -0.25) is 0 Å². The number of halogens is 1. The van der Waals surface area contributed by atoms with Crippen molar-refractivity contribution in [2.24, 2.45) is 0 Å². The van der Waals surface area contributed by atoms with Crippen LogP contribution in [0.3, 0.4) is 0 Å². The SMILES string of the molecule is Cc1cc(C(=O)O)ccc1CCCc1cc(Br)ccc1O. The smallest absolute Gasteiger partial charge is 0.335 e. The van der Waals surface area contributed by atoms with Gasteiger partial charge in [0.2, 0.25) is 0 Å². The molecule has 4 heteroatoms. The van der Waals surface area contributed by atoms with E-state index in [0.717, 1.165) is 40.4 Å². The maximum Gasteiger partial charge on any atom is 0.335 e. The highest BCUT2D eigenvalue weighted by Gasteiger charge is 2.07. The molecule has 0 saturated carbocycles. The second-order valence-electron chi connectivity index (χ2n) is 5.07. The third-order valence-corrected chi connectivity index (χ3v) is 4.02. The zero-order valence-electron chi connectivity index (χ0n) is 11.8. The van der Waals surface area contributed by atoms with E-state index in [2.05, 4.69) is 15.9 Å². The molecular weight excluding hydrogens is 332 g/mol. The van der Waals surface area contributed by atoms with E-state index in [1.165, 1.54) is 0 Å². The molecule has 21 heavy (non-hydrogen) atoms. The fourth-order valence-electron chi connectivity index (χ4n) is 2.33. The largest absolute Gasteiger partial charge is 0.508 e. The Morgan fingerprint density at radius 3 is 2.48 bits per heavy atom. The summed E-state index contributed by atoms with van der Waals surface area (Å²) in [5.74, 6) is -0.583. The number of carboxylic acid groups (broad SMARTS) is 1. The summed E-state index contributed by atoms with van der Waals surface area (Å²) in [7, 11) is 0. The van der Waals surface area contributed by atoms with Gasteiger partial charge in [0.05, 0.1) is 5.56 Å². The van der Waals surface area contributed by atoms with Gasteiger partial charge in [-0.2, -0.15) is 0 Å². The minimum Gasteiger partial charge on any atom is -0.508 e. The molecule has 0 unspecified atom stereocenters. The number of carboxylic acids is 1. The summed E-state index contributed by atoms with van der Waals surface area (Å²) in [4.78, 5) is 10.9. The standard InChI is InChI=1S/C17H17BrO3/c1-11-9-14(17(20)21)6-5-12(11)3-2-4-13-10-15(18)7-8-16(13)19/h5-10,19H,2-4H2,1H3,(H,20,21). The highest BCUT2D eigenvalue weighted by molar-refractivity contribution is 9.10. The maximum atomic E-state index is 10.9. The Hall–Kier alpha value is -1.81. The number of phenolic OH excluding ortho intramolecular Hbond substituents is 1. The third-order valence-electron chi connectivity index (χ3n) is 3.52. The lowest BCUT2D eigenvalue weighted by molar-refractivity contribution is 0.0696. The van der Waals surface area contributed by atoms with E-state index in [4.69, 9.17) is 5.11 Å². The molecule has 0 saturated heterocycles. The highest BCUT2D eigenvalue weighted by atomic mass is 79.9. The second kappa shape index (κ2) is 6.76. The molecule has 0 aliphatic rings. The lowest BCUT2D eigenvalue weighted by atomic mass is 9.98. The molecule has 0 amide bonds. The first kappa shape index (κ1) is 15.6. The van der Waals surface area contributed by atoms with E-state index < -0.39 is 5.97 Å². The van der Waals surface area contributed by atoms with E-state index in [9.17, 15) is 9.90 Å². The number of aromatic carboxylic acids is 1. The fraction of sp³-hybridized carbons (Fsp3) is 0.235. The number of hydrogen-bond acceptors (Lipinski definition) is 2. The maximum absolute atomic E-state index is 10.9. The molecule has 0 radical (unpaired) electrons. The van der Waals surface area contributed by atoms with Crippen LogP contribution in [0.5, 0.6) is 5.75 Å². The summed E-state index contributed by atoms with van der Waals surface area (Å²) in [6.07, 6.45) is 2.54. The number of benzene rings is 2. The normalized spacial score (nSPS) is 10.6. The van der Waals surface area contributed by atoms with E-state index in [-0.39, 0.29) is 0 Å². The van der Waals surface area contributed by atoms with Crippen LogP contribution >= 0.6 is 15.9 Å². The third kappa shape index (κ3) is 4.08. The molecule has 2 aromatic carbocycles. The Bertz CT molecular complexity index is 665. The average molecular weight is 349 g/mol. The molecule has 0 aliphatic heterocycles. The van der Waals surface area contributed by atoms with Crippen molar-refractivity contribution in [3.63, 3.8) is 0 Å². The molecule has 0 heterocycles. The van der Waals surface area contributed by atoms with Crippen LogP contribution in [-0.4, -0.2) is 16.2 Å². The van der Waals surface area contributed by atoms with Gasteiger partial charge in [0.15, 0.2) is 0 Å². The van der Waals surface area contributed by atoms with E-state index >= 15 is 0 Å². The minimum atomic E-state index is -0.899. The van der Waals surface area contributed by atoms with Crippen LogP contribution < -0.4 is 0 Å². The number of phenols is 1. The van der Waals surface area contributed by atoms with Crippen LogP contribution in [0.2, 0.25) is 0 Å². The van der Waals surface area contributed by atoms with Crippen molar-refractivity contribution in [1.29, 1.82) is 0 Å². The van der Waals surface area contributed by atoms with Gasteiger partial charge in [-0.05, 0) is 73.2 Å². The van der Waals surface area contributed by atoms with Crippen LogP contribution in [0.1, 0.15) is 33.5 Å². The van der Waals surface area contributed by atoms with Gasteiger partial charge < -0.3 is 10.2 Å². The first-order valence-electron chi connectivity index (χ1n) is 6.77. The molecule has 0 aliphatic carbocycles. The Kier molecular flexibility index (Phi) is 5.02. The highest BCUT2D eigenvalue weighted by Crippen LogP contribution is 2.24. The average Bonchev–Trinajstić information content (AvgIpc) is 2.44. The molecule has 0 bridgehead atoms. The molecule has 0 fully saturated rings. The Morgan fingerprint density at radius 1 is 1.10 bits per heavy atom. The molecule has 3 nitrogen and oxygen atoms in total. The lowest BCUT2D eigenvalue weighted by Crippen LogP contribution is -1.99. The first-order valence-corrected chi connectivity index (χ1v) is 7.57. The van der Waals surface area contributed by atoms with Crippen molar-refractivity contribution in [2.45, 2.75) is 26.2 Å². The number of carbonyl (C=O) groups is 1. The summed E-state index contributed by atoms with van der Waals surface area (Å²) in [5, 5.41) is 18.7. The summed E-state index contributed by atoms with van der Waals surface area (Å²) >= 11 is 3.40. The molecule has 0 atom stereocenters. The Morgan fingerprint density at radius 2 is 1.81 bits per heavy atom. The number of hydrogen-bond donors (Lipinski definition) is 2. The van der Waals surface area contributed by atoms with Crippen molar-refractivity contribution >= 4 is 21.9 Å². The zero-order valence-corrected chi connectivity index (χ0v) is 13.4. The summed E-state index contributed by atoms with van der Waals surface area (Å²) in [6.45, 7) is 1.93. The quantitative estimate of drug-likeness (QED) is 0.844. The number of aromatic hydroxyl groups is 1. The van der Waals surface area contributed by atoms with Crippen LogP contribution in [0.15, 0.2) is 40.9 Å². The van der Waals surface area contributed by atoms with Crippen molar-refractivity contribution in [3.05, 3.63) is 63.1 Å². The molecule has 2 N–H and O–H groups in total. The molecule has 0 spiro atoms. The van der Waals surface area contributed by atoms with Gasteiger partial charge in [-0.1, -0.05) is 22.0 Å². The van der Waals surface area contributed by atoms with Gasteiger partial charge in [-0.25, -0.2) is 4.79 Å². The lowest BCUT2D eigenvalue weighted by Gasteiger charge is -2.08. The molecule has 2 aromatic rings. The topological polar surface area (TPSA) is 57.5 Å². The van der Waals surface area contributed by atoms with Crippen LogP contribution in [0.25, 0.3) is 0 Å². The number of rotatable bonds is 5. The first-order chi connectivity index (χ1) is 9.97. The molecule has 110 valence electrons. The van der Waals surface area contributed by atoms with Crippen LogP contribution in [-0.2, 0) is 12.8 Å². The minimum absolute atomic E-state index is 0.316. The number of aryl methyl sites for hydroxylation is 3. The van der Waals surface area contributed by atoms with Gasteiger partial charge in [0, 0.05) is 4.47 Å². The molecule has 2 rings (SSSR count). The van der Waals surface area contributed by atoms with Gasteiger partial charge in [0.1, 0.15) is 5.75 Å². The van der Waals surface area contributed by atoms with E-state index in [0.29, 0.717) is 11.3 Å². The predicted octanol–water partition coefficient (Wildman–Crippen LogP) is 4.34. The van der Waals surface area contributed by atoms with Gasteiger partial charge in [0.25, 0.3) is 0 Å². The summed E-state index contributed by atoms with van der Waals surface area (Å²) in [5.41, 5.74) is 3.38. The van der Waals surface area contributed by atoms with Crippen molar-refractivity contribution in [2.75, 3.05) is 0 Å². The Balaban J connectivity index is 2.00. The summed E-state index contributed by atoms with van der Waals surface area (Å²) in [6, 6.07) is 10.6. The summed E-state index contributed by atoms with van der Waals surface area (Å²) < 4.78 is 0.956. The molecular formula is C17H17BrO3. The van der Waals surface area contributed by atoms with Crippen molar-refractivity contribution in [1.82, 2.24) is 0 Å². The van der Waals surface area contributed by atoms with Gasteiger partial charge in [-0.15, -0.1) is 0 Å². The monoisotopic (exact) mass is 348 g/mol. The second-order valence-corrected chi connectivity index (χ2v) is 5.99. The van der Waals surface area contributed by atoms with Crippen molar-refractivity contribution < 1.29 is 15.0 Å². The zero-order chi connectivity index (χ0) is 15.4. The Labute approximate surface area is 132 Å². The fourth-order valence-corrected chi connectivity index (χ4v) is 2.74. The van der Waals surface area contributed by atoms with Gasteiger partial charge >= 0.3 is 5.97 Å².